The summed E-state index contributed by atoms with van der Waals surface area (Å²) in [6, 6.07) is 14.3. The van der Waals surface area contributed by atoms with Crippen molar-refractivity contribution in [2.75, 3.05) is 19.1 Å². The zero-order chi connectivity index (χ0) is 15.7. The molecule has 2 N–H and O–H groups in total. The van der Waals surface area contributed by atoms with Crippen molar-refractivity contribution < 1.29 is 14.3 Å². The van der Waals surface area contributed by atoms with Gasteiger partial charge in [0.05, 0.1) is 20.3 Å². The van der Waals surface area contributed by atoms with Gasteiger partial charge >= 0.3 is 0 Å². The molecule has 0 unspecified atom stereocenters. The molecule has 0 aromatic heterocycles. The highest BCUT2D eigenvalue weighted by molar-refractivity contribution is 6.05. The fourth-order valence-corrected chi connectivity index (χ4v) is 2.72. The summed E-state index contributed by atoms with van der Waals surface area (Å²) in [4.78, 5) is 13.9. The van der Waals surface area contributed by atoms with E-state index in [9.17, 15) is 4.79 Å². The molecule has 2 aromatic rings. The van der Waals surface area contributed by atoms with E-state index in [0.717, 1.165) is 22.7 Å². The lowest BCUT2D eigenvalue weighted by molar-refractivity contribution is -0.126. The van der Waals surface area contributed by atoms with Crippen LogP contribution in [0, 0.1) is 0 Å². The van der Waals surface area contributed by atoms with E-state index in [1.165, 1.54) is 0 Å². The molecule has 1 aliphatic rings. The van der Waals surface area contributed by atoms with Crippen molar-refractivity contribution >= 4 is 11.6 Å². The first-order valence-electron chi connectivity index (χ1n) is 7.02. The minimum Gasteiger partial charge on any atom is -0.497 e. The quantitative estimate of drug-likeness (QED) is 0.878. The Morgan fingerprint density at radius 1 is 1.00 bits per heavy atom. The molecule has 0 saturated carbocycles. The van der Waals surface area contributed by atoms with Crippen LogP contribution in [0.25, 0.3) is 0 Å². The van der Waals surface area contributed by atoms with Crippen molar-refractivity contribution in [3.63, 3.8) is 0 Å². The third-order valence-corrected chi connectivity index (χ3v) is 3.93. The van der Waals surface area contributed by atoms with E-state index in [1.54, 1.807) is 19.1 Å². The number of ether oxygens (including phenoxy) is 2. The molecular formula is C17H18N2O3. The number of carbonyl (C=O) groups excluding carboxylic acids is 1. The van der Waals surface area contributed by atoms with Crippen LogP contribution < -0.4 is 20.1 Å². The van der Waals surface area contributed by atoms with E-state index in [-0.39, 0.29) is 11.9 Å². The maximum atomic E-state index is 12.2. The highest BCUT2D eigenvalue weighted by Gasteiger charge is 2.46. The molecule has 114 valence electrons. The molecule has 1 aliphatic heterocycles. The lowest BCUT2D eigenvalue weighted by Crippen LogP contribution is -2.63. The number of nitrogens with zero attached hydrogens (tertiary/aromatic N) is 1. The molecule has 22 heavy (non-hydrogen) atoms. The second-order valence-electron chi connectivity index (χ2n) is 5.15. The van der Waals surface area contributed by atoms with Crippen molar-refractivity contribution in [1.29, 1.82) is 0 Å². The van der Waals surface area contributed by atoms with Crippen LogP contribution in [-0.4, -0.2) is 26.2 Å². The molecule has 0 spiro atoms. The molecule has 5 nitrogen and oxygen atoms in total. The van der Waals surface area contributed by atoms with Gasteiger partial charge in [0.15, 0.2) is 0 Å². The number of methoxy groups -OCH3 is 2. The monoisotopic (exact) mass is 298 g/mol. The first-order valence-corrected chi connectivity index (χ1v) is 7.02. The van der Waals surface area contributed by atoms with Crippen LogP contribution in [0.5, 0.6) is 11.5 Å². The van der Waals surface area contributed by atoms with Gasteiger partial charge in [-0.15, -0.1) is 0 Å². The first-order chi connectivity index (χ1) is 10.7. The zero-order valence-electron chi connectivity index (χ0n) is 12.5. The van der Waals surface area contributed by atoms with E-state index in [4.69, 9.17) is 15.2 Å². The average molecular weight is 298 g/mol. The van der Waals surface area contributed by atoms with Crippen molar-refractivity contribution in [2.24, 2.45) is 5.73 Å². The molecule has 1 saturated heterocycles. The van der Waals surface area contributed by atoms with Gasteiger partial charge in [-0.25, -0.2) is 0 Å². The van der Waals surface area contributed by atoms with Gasteiger partial charge in [-0.2, -0.15) is 0 Å². The Balaban J connectivity index is 1.93. The van der Waals surface area contributed by atoms with E-state index in [1.807, 2.05) is 48.5 Å². The Morgan fingerprint density at radius 2 is 1.68 bits per heavy atom. The highest BCUT2D eigenvalue weighted by Crippen LogP contribution is 2.39. The van der Waals surface area contributed by atoms with Crippen LogP contribution in [0.15, 0.2) is 48.5 Å². The number of carbonyl (C=O) groups is 1. The molecule has 5 heteroatoms. The van der Waals surface area contributed by atoms with Gasteiger partial charge in [-0.3, -0.25) is 4.79 Å². The van der Waals surface area contributed by atoms with Crippen LogP contribution in [0.1, 0.15) is 11.6 Å². The fraction of sp³-hybridized carbons (Fsp3) is 0.235. The molecule has 2 atom stereocenters. The highest BCUT2D eigenvalue weighted by atomic mass is 16.5. The van der Waals surface area contributed by atoms with Gasteiger partial charge in [0.2, 0.25) is 5.91 Å². The Morgan fingerprint density at radius 3 is 2.32 bits per heavy atom. The van der Waals surface area contributed by atoms with Gasteiger partial charge in [0.25, 0.3) is 0 Å². The summed E-state index contributed by atoms with van der Waals surface area (Å²) in [7, 11) is 3.23. The summed E-state index contributed by atoms with van der Waals surface area (Å²) in [5.41, 5.74) is 7.78. The minimum absolute atomic E-state index is 0.0852. The number of rotatable bonds is 4. The molecule has 2 aromatic carbocycles. The normalized spacial score (nSPS) is 20.5. The maximum absolute atomic E-state index is 12.2. The first kappa shape index (κ1) is 14.4. The Hall–Kier alpha value is -2.53. The van der Waals surface area contributed by atoms with Crippen LogP contribution in [0.4, 0.5) is 5.69 Å². The van der Waals surface area contributed by atoms with Crippen LogP contribution in [-0.2, 0) is 4.79 Å². The number of hydrogen-bond acceptors (Lipinski definition) is 4. The van der Waals surface area contributed by atoms with Crippen LogP contribution in [0.3, 0.4) is 0 Å². The van der Waals surface area contributed by atoms with E-state index < -0.39 is 6.04 Å². The average Bonchev–Trinajstić information content (AvgIpc) is 2.58. The molecule has 3 rings (SSSR count). The van der Waals surface area contributed by atoms with Crippen molar-refractivity contribution in [1.82, 2.24) is 0 Å². The standard InChI is InChI=1S/C17H18N2O3/c1-21-13-8-6-12(7-9-13)19-16(15(18)17(19)20)11-4-3-5-14(10-11)22-2/h3-10,15-16H,18H2,1-2H3/t15-,16-/m0/s1. The third kappa shape index (κ3) is 2.29. The second-order valence-corrected chi connectivity index (χ2v) is 5.15. The molecule has 1 heterocycles. The predicted octanol–water partition coefficient (Wildman–Crippen LogP) is 2.12. The van der Waals surface area contributed by atoms with E-state index >= 15 is 0 Å². The van der Waals surface area contributed by atoms with Crippen molar-refractivity contribution in [2.45, 2.75) is 12.1 Å². The molecular weight excluding hydrogens is 280 g/mol. The van der Waals surface area contributed by atoms with Crippen LogP contribution >= 0.6 is 0 Å². The Labute approximate surface area is 129 Å². The maximum Gasteiger partial charge on any atom is 0.247 e. The summed E-state index contributed by atoms with van der Waals surface area (Å²) < 4.78 is 10.4. The largest absolute Gasteiger partial charge is 0.497 e. The number of benzene rings is 2. The molecule has 1 amide bonds. The van der Waals surface area contributed by atoms with Crippen LogP contribution in [0.2, 0.25) is 0 Å². The summed E-state index contributed by atoms with van der Waals surface area (Å²) in [6.45, 7) is 0. The Kier molecular flexibility index (Phi) is 3.73. The Bertz CT molecular complexity index is 685. The number of β-lactam (4-membered cyclic amide) rings is 1. The second kappa shape index (κ2) is 5.69. The van der Waals surface area contributed by atoms with Gasteiger partial charge in [-0.1, -0.05) is 12.1 Å². The molecule has 1 fully saturated rings. The number of amides is 1. The molecule has 0 radical (unpaired) electrons. The summed E-state index contributed by atoms with van der Waals surface area (Å²) in [5, 5.41) is 0. The smallest absolute Gasteiger partial charge is 0.247 e. The number of anilines is 1. The number of hydrogen-bond donors (Lipinski definition) is 1. The van der Waals surface area contributed by atoms with Gasteiger partial charge in [0, 0.05) is 5.69 Å². The third-order valence-electron chi connectivity index (χ3n) is 3.93. The number of nitrogens with two attached hydrogens (primary N) is 1. The molecule has 0 bridgehead atoms. The van der Waals surface area contributed by atoms with Crippen molar-refractivity contribution in [3.8, 4) is 11.5 Å². The zero-order valence-corrected chi connectivity index (χ0v) is 12.5. The SMILES string of the molecule is COc1ccc(N2C(=O)[C@@H](N)[C@@H]2c2cccc(OC)c2)cc1. The molecule has 0 aliphatic carbocycles. The summed E-state index contributed by atoms with van der Waals surface area (Å²) in [5.74, 6) is 1.41. The summed E-state index contributed by atoms with van der Waals surface area (Å²) in [6.07, 6.45) is 0. The lowest BCUT2D eigenvalue weighted by atomic mass is 9.88. The van der Waals surface area contributed by atoms with Gasteiger partial charge in [-0.05, 0) is 42.0 Å². The van der Waals surface area contributed by atoms with Gasteiger partial charge in [0.1, 0.15) is 17.5 Å². The minimum atomic E-state index is -0.533. The van der Waals surface area contributed by atoms with Gasteiger partial charge < -0.3 is 20.1 Å². The lowest BCUT2D eigenvalue weighted by Gasteiger charge is -2.45. The topological polar surface area (TPSA) is 64.8 Å². The van der Waals surface area contributed by atoms with E-state index in [0.29, 0.717) is 0 Å². The fourth-order valence-electron chi connectivity index (χ4n) is 2.72. The van der Waals surface area contributed by atoms with E-state index in [2.05, 4.69) is 0 Å². The summed E-state index contributed by atoms with van der Waals surface area (Å²) >= 11 is 0. The van der Waals surface area contributed by atoms with Crippen molar-refractivity contribution in [3.05, 3.63) is 54.1 Å². The predicted molar refractivity (Wildman–Crippen MR) is 84.2 cm³/mol.